The third kappa shape index (κ3) is 4.24. The average Bonchev–Trinajstić information content (AvgIpc) is 3.13. The van der Waals surface area contributed by atoms with Gasteiger partial charge in [0.1, 0.15) is 5.71 Å². The molecule has 6 heteroatoms. The van der Waals surface area contributed by atoms with E-state index >= 15 is 0 Å². The Balaban J connectivity index is 1.28. The number of ketones is 1. The second-order valence-electron chi connectivity index (χ2n) is 13.1. The third-order valence-electron chi connectivity index (χ3n) is 10.9. The highest BCUT2D eigenvalue weighted by Crippen LogP contribution is 2.68. The zero-order chi connectivity index (χ0) is 25.2. The van der Waals surface area contributed by atoms with Gasteiger partial charge < -0.3 is 5.11 Å². The molecular formula is C29H42FN3O2. The predicted octanol–water partition coefficient (Wildman–Crippen LogP) is 5.70. The Bertz CT molecular complexity index is 1000. The minimum absolute atomic E-state index is 0.0668. The van der Waals surface area contributed by atoms with E-state index in [1.165, 1.54) is 31.6 Å². The number of rotatable bonds is 4. The van der Waals surface area contributed by atoms with E-state index in [0.29, 0.717) is 34.5 Å². The summed E-state index contributed by atoms with van der Waals surface area (Å²) in [6.45, 7) is 11.0. The molecule has 0 unspecified atom stereocenters. The van der Waals surface area contributed by atoms with E-state index in [-0.39, 0.29) is 23.7 Å². The van der Waals surface area contributed by atoms with Crippen molar-refractivity contribution in [3.8, 4) is 0 Å². The minimum Gasteiger partial charge on any atom is -0.390 e. The van der Waals surface area contributed by atoms with Crippen molar-refractivity contribution >= 4 is 17.7 Å². The van der Waals surface area contributed by atoms with E-state index in [0.717, 1.165) is 44.4 Å². The van der Waals surface area contributed by atoms with Crippen molar-refractivity contribution in [3.63, 3.8) is 0 Å². The number of hydrazone groups is 1. The molecule has 0 aromatic rings. The molecule has 5 rings (SSSR count). The lowest BCUT2D eigenvalue weighted by Gasteiger charge is -2.61. The van der Waals surface area contributed by atoms with Gasteiger partial charge in [-0.15, -0.1) is 0 Å². The summed E-state index contributed by atoms with van der Waals surface area (Å²) < 4.78 is 13.3. The standard InChI is InChI=1S/C29H42FN3O2/c1-18-14-26(30)31-16-24(18)32-33(5)17-25(34)23-9-8-21-20-7-6-19-15-27(2,35)12-13-28(19,3)22(20)10-11-29(21,23)4/h14,16,19-23,35H,1,6-13,15,17H2,2-5H3/b32-24-/t19-,20-,21-,22-,23+,27+,28-,29-/m0/s1. The molecule has 0 spiro atoms. The maximum atomic E-state index is 13.5. The van der Waals surface area contributed by atoms with Gasteiger partial charge in [-0.3, -0.25) is 9.80 Å². The summed E-state index contributed by atoms with van der Waals surface area (Å²) in [6.07, 6.45) is 12.6. The quantitative estimate of drug-likeness (QED) is 0.412. The summed E-state index contributed by atoms with van der Waals surface area (Å²) in [4.78, 5) is 17.2. The van der Waals surface area contributed by atoms with Crippen molar-refractivity contribution in [2.24, 2.45) is 50.5 Å². The Kier molecular flexibility index (Phi) is 6.13. The molecule has 5 nitrogen and oxygen atoms in total. The highest BCUT2D eigenvalue weighted by atomic mass is 19.1. The molecule has 192 valence electrons. The van der Waals surface area contributed by atoms with Crippen LogP contribution in [0, 0.1) is 40.4 Å². The SMILES string of the molecule is C=C1C=C(F)N=C/C1=N/N(C)CC(=O)[C@H]1CC[C@H]2[C@@H]3CC[C@H]4C[C@](C)(O)CC[C@]4(C)[C@H]3CC[C@]12C. The molecule has 1 heterocycles. The van der Waals surface area contributed by atoms with Crippen LogP contribution in [0.25, 0.3) is 0 Å². The van der Waals surface area contributed by atoms with Gasteiger partial charge in [-0.05, 0) is 99.2 Å². The molecule has 1 aliphatic heterocycles. The second kappa shape index (κ2) is 8.64. The highest BCUT2D eigenvalue weighted by molar-refractivity contribution is 6.39. The Morgan fingerprint density at radius 1 is 1.14 bits per heavy atom. The van der Waals surface area contributed by atoms with E-state index in [9.17, 15) is 14.3 Å². The number of aliphatic hydroxyl groups is 1. The van der Waals surface area contributed by atoms with Gasteiger partial charge in [0.05, 0.1) is 18.4 Å². The number of nitrogens with zero attached hydrogens (tertiary/aromatic N) is 3. The van der Waals surface area contributed by atoms with Crippen LogP contribution in [0.5, 0.6) is 0 Å². The lowest BCUT2D eigenvalue weighted by Crippen LogP contribution is -2.55. The number of Topliss-reactive ketones (excluding diaryl/α,β-unsaturated/α-hetero) is 1. The summed E-state index contributed by atoms with van der Waals surface area (Å²) >= 11 is 0. The zero-order valence-electron chi connectivity index (χ0n) is 21.9. The van der Waals surface area contributed by atoms with Crippen molar-refractivity contribution in [3.05, 3.63) is 24.2 Å². The molecule has 4 aliphatic carbocycles. The fourth-order valence-electron chi connectivity index (χ4n) is 9.07. The zero-order valence-corrected chi connectivity index (χ0v) is 21.9. The molecule has 0 saturated heterocycles. The summed E-state index contributed by atoms with van der Waals surface area (Å²) in [7, 11) is 1.80. The monoisotopic (exact) mass is 483 g/mol. The first-order chi connectivity index (χ1) is 16.4. The summed E-state index contributed by atoms with van der Waals surface area (Å²) in [5.74, 6) is 2.45. The topological polar surface area (TPSA) is 65.3 Å². The van der Waals surface area contributed by atoms with Gasteiger partial charge in [0.2, 0.25) is 5.95 Å². The lowest BCUT2D eigenvalue weighted by molar-refractivity contribution is -0.151. The molecule has 0 radical (unpaired) electrons. The van der Waals surface area contributed by atoms with Crippen LogP contribution < -0.4 is 0 Å². The first-order valence-corrected chi connectivity index (χ1v) is 13.6. The molecule has 35 heavy (non-hydrogen) atoms. The number of likely N-dealkylation sites (N-methyl/N-ethyl adjacent to an activating group) is 1. The van der Waals surface area contributed by atoms with Gasteiger partial charge in [-0.2, -0.15) is 9.49 Å². The summed E-state index contributed by atoms with van der Waals surface area (Å²) in [5.41, 5.74) is 0.867. The summed E-state index contributed by atoms with van der Waals surface area (Å²) in [5, 5.41) is 16.9. The van der Waals surface area contributed by atoms with Crippen LogP contribution in [0.15, 0.2) is 34.3 Å². The first-order valence-electron chi connectivity index (χ1n) is 13.6. The molecule has 4 fully saturated rings. The van der Waals surface area contributed by atoms with Crippen LogP contribution in [0.4, 0.5) is 4.39 Å². The molecule has 5 aliphatic rings. The Labute approximate surface area is 209 Å². The van der Waals surface area contributed by atoms with Crippen LogP contribution in [-0.4, -0.2) is 47.0 Å². The third-order valence-corrected chi connectivity index (χ3v) is 10.9. The van der Waals surface area contributed by atoms with E-state index in [1.54, 1.807) is 12.1 Å². The van der Waals surface area contributed by atoms with Gasteiger partial charge in [0.25, 0.3) is 0 Å². The number of hydrogen-bond donors (Lipinski definition) is 1. The van der Waals surface area contributed by atoms with Crippen LogP contribution in [0.2, 0.25) is 0 Å². The Hall–Kier alpha value is -1.82. The largest absolute Gasteiger partial charge is 0.390 e. The number of carbonyl (C=O) groups is 1. The van der Waals surface area contributed by atoms with Crippen LogP contribution in [0.1, 0.15) is 78.6 Å². The summed E-state index contributed by atoms with van der Waals surface area (Å²) in [6, 6.07) is 0. The van der Waals surface area contributed by atoms with Crippen molar-refractivity contribution in [1.29, 1.82) is 0 Å². The molecule has 8 atom stereocenters. The maximum Gasteiger partial charge on any atom is 0.213 e. The molecule has 1 N–H and O–H groups in total. The molecule has 0 amide bonds. The normalized spacial score (nSPS) is 46.0. The van der Waals surface area contributed by atoms with Gasteiger partial charge in [-0.1, -0.05) is 20.4 Å². The number of fused-ring (bicyclic) bond motifs is 5. The smallest absolute Gasteiger partial charge is 0.213 e. The number of aliphatic imine (C=N–C) groups is 1. The molecule has 0 bridgehead atoms. The fourth-order valence-corrected chi connectivity index (χ4v) is 9.07. The molecule has 0 aromatic heterocycles. The van der Waals surface area contributed by atoms with Crippen molar-refractivity contribution < 1.29 is 14.3 Å². The van der Waals surface area contributed by atoms with Gasteiger partial charge in [0.15, 0.2) is 5.78 Å². The van der Waals surface area contributed by atoms with Crippen molar-refractivity contribution in [2.75, 3.05) is 13.6 Å². The van der Waals surface area contributed by atoms with Crippen molar-refractivity contribution in [2.45, 2.75) is 84.2 Å². The van der Waals surface area contributed by atoms with Gasteiger partial charge in [-0.25, -0.2) is 4.99 Å². The number of halogens is 1. The van der Waals surface area contributed by atoms with Gasteiger partial charge in [0, 0.05) is 24.6 Å². The molecule has 0 aromatic carbocycles. The van der Waals surface area contributed by atoms with Crippen LogP contribution >= 0.6 is 0 Å². The maximum absolute atomic E-state index is 13.5. The Morgan fingerprint density at radius 2 is 1.89 bits per heavy atom. The fraction of sp³-hybridized carbons (Fsp3) is 0.759. The average molecular weight is 484 g/mol. The number of carbonyl (C=O) groups excluding carboxylic acids is 1. The minimum atomic E-state index is -0.574. The molecular weight excluding hydrogens is 441 g/mol. The number of hydrogen-bond acceptors (Lipinski definition) is 5. The second-order valence-corrected chi connectivity index (χ2v) is 13.1. The lowest BCUT2D eigenvalue weighted by atomic mass is 9.44. The van der Waals surface area contributed by atoms with E-state index in [4.69, 9.17) is 0 Å². The highest BCUT2D eigenvalue weighted by Gasteiger charge is 2.61. The first kappa shape index (κ1) is 24.9. The predicted molar refractivity (Wildman–Crippen MR) is 138 cm³/mol. The number of allylic oxidation sites excluding steroid dienone is 2. The van der Waals surface area contributed by atoms with E-state index in [1.807, 2.05) is 6.92 Å². The van der Waals surface area contributed by atoms with E-state index in [2.05, 4.69) is 30.5 Å². The molecule has 4 saturated carbocycles. The van der Waals surface area contributed by atoms with Crippen LogP contribution in [0.3, 0.4) is 0 Å². The Morgan fingerprint density at radius 3 is 2.63 bits per heavy atom. The van der Waals surface area contributed by atoms with Gasteiger partial charge >= 0.3 is 0 Å². The van der Waals surface area contributed by atoms with Crippen LogP contribution in [-0.2, 0) is 4.79 Å². The van der Waals surface area contributed by atoms with Crippen molar-refractivity contribution in [1.82, 2.24) is 5.01 Å². The van der Waals surface area contributed by atoms with E-state index < -0.39 is 11.6 Å².